The standard InChI is InChI=1S/C29H27N7/c1-36-28-16-30-11-18-3-2-4-19(9-18)24-13-31-15-27-22(24)7-8-26(35-27)29-23-10-20(25(28)14-34-36)5-6-21(23)12-32-17-33-29/h2-6,8-10,13-15,30,32,35H,7,11-12,16-17H2,1H3. The van der Waals surface area contributed by atoms with E-state index in [0.717, 1.165) is 65.5 Å². The molecule has 3 N–H and O–H groups in total. The third kappa shape index (κ3) is 3.56. The third-order valence-electron chi connectivity index (χ3n) is 7.35. The van der Waals surface area contributed by atoms with Gasteiger partial charge in [0.2, 0.25) is 0 Å². The molecular weight excluding hydrogens is 446 g/mol. The van der Waals surface area contributed by atoms with Crippen LogP contribution in [0.2, 0.25) is 0 Å². The summed E-state index contributed by atoms with van der Waals surface area (Å²) in [6.45, 7) is 2.87. The van der Waals surface area contributed by atoms with Crippen molar-refractivity contribution < 1.29 is 0 Å². The number of aliphatic imine (C=N–C) groups is 1. The number of nitrogens with zero attached hydrogens (tertiary/aromatic N) is 4. The van der Waals surface area contributed by atoms with Gasteiger partial charge in [0.05, 0.1) is 41.9 Å². The Hall–Kier alpha value is -4.07. The summed E-state index contributed by atoms with van der Waals surface area (Å²) in [4.78, 5) is 9.57. The summed E-state index contributed by atoms with van der Waals surface area (Å²) in [5.41, 5.74) is 13.8. The monoisotopic (exact) mass is 473 g/mol. The molecule has 0 saturated heterocycles. The molecule has 8 rings (SSSR count). The Balaban J connectivity index is 1.43. The molecule has 2 aromatic heterocycles. The Kier molecular flexibility index (Phi) is 5.04. The molecular formula is C29H27N7. The summed E-state index contributed by atoms with van der Waals surface area (Å²) in [6, 6.07) is 15.4. The zero-order valence-electron chi connectivity index (χ0n) is 20.2. The second-order valence-corrected chi connectivity index (χ2v) is 9.56. The third-order valence-corrected chi connectivity index (χ3v) is 7.35. The normalized spacial score (nSPS) is 16.2. The molecule has 7 nitrogen and oxygen atoms in total. The van der Waals surface area contributed by atoms with Crippen LogP contribution in [0, 0.1) is 0 Å². The Bertz CT molecular complexity index is 1560. The maximum atomic E-state index is 4.97. The number of nitrogens with one attached hydrogen (secondary N) is 3. The molecule has 8 bridgehead atoms. The predicted molar refractivity (Wildman–Crippen MR) is 143 cm³/mol. The molecule has 0 spiro atoms. The lowest BCUT2D eigenvalue weighted by Crippen LogP contribution is -2.19. The molecule has 0 atom stereocenters. The lowest BCUT2D eigenvalue weighted by molar-refractivity contribution is 0.627. The highest BCUT2D eigenvalue weighted by Gasteiger charge is 2.23. The van der Waals surface area contributed by atoms with Crippen LogP contribution in [0.5, 0.6) is 0 Å². The molecule has 0 fully saturated rings. The topological polar surface area (TPSA) is 79.2 Å². The molecule has 178 valence electrons. The summed E-state index contributed by atoms with van der Waals surface area (Å²) < 4.78 is 1.97. The molecule has 0 aliphatic carbocycles. The van der Waals surface area contributed by atoms with Gasteiger partial charge in [-0.05, 0) is 46.4 Å². The maximum Gasteiger partial charge on any atom is 0.0897 e. The van der Waals surface area contributed by atoms with E-state index in [2.05, 4.69) is 74.6 Å². The molecule has 0 radical (unpaired) electrons. The van der Waals surface area contributed by atoms with Crippen molar-refractivity contribution in [3.05, 3.63) is 101 Å². The molecule has 6 heterocycles. The van der Waals surface area contributed by atoms with Crippen molar-refractivity contribution in [1.82, 2.24) is 25.4 Å². The van der Waals surface area contributed by atoms with E-state index >= 15 is 0 Å². The van der Waals surface area contributed by atoms with Crippen molar-refractivity contribution in [2.24, 2.45) is 12.0 Å². The minimum absolute atomic E-state index is 0.582. The summed E-state index contributed by atoms with van der Waals surface area (Å²) in [6.07, 6.45) is 8.98. The largest absolute Gasteiger partial charge is 0.352 e. The first-order valence-electron chi connectivity index (χ1n) is 12.4. The van der Waals surface area contributed by atoms with E-state index in [9.17, 15) is 0 Å². The number of allylic oxidation sites excluding steroid dienone is 2. The van der Waals surface area contributed by atoms with Crippen LogP contribution in [0.1, 0.15) is 27.9 Å². The molecule has 7 heteroatoms. The highest BCUT2D eigenvalue weighted by Crippen LogP contribution is 2.35. The maximum absolute atomic E-state index is 4.97. The molecule has 4 aliphatic rings. The number of rotatable bonds is 0. The molecule has 0 unspecified atom stereocenters. The fourth-order valence-corrected chi connectivity index (χ4v) is 5.47. The van der Waals surface area contributed by atoms with Crippen molar-refractivity contribution in [3.8, 4) is 22.3 Å². The second kappa shape index (κ2) is 8.55. The van der Waals surface area contributed by atoms with E-state index < -0.39 is 0 Å². The van der Waals surface area contributed by atoms with Gasteiger partial charge in [-0.2, -0.15) is 5.10 Å². The summed E-state index contributed by atoms with van der Waals surface area (Å²) >= 11 is 0. The van der Waals surface area contributed by atoms with Gasteiger partial charge in [-0.15, -0.1) is 0 Å². The minimum atomic E-state index is 0.582. The van der Waals surface area contributed by atoms with Gasteiger partial charge in [0.25, 0.3) is 0 Å². The minimum Gasteiger partial charge on any atom is -0.352 e. The van der Waals surface area contributed by atoms with Crippen LogP contribution in [0.3, 0.4) is 0 Å². The number of hydrogen-bond donors (Lipinski definition) is 3. The van der Waals surface area contributed by atoms with Gasteiger partial charge in [0.15, 0.2) is 0 Å². The molecule has 0 saturated carbocycles. The average Bonchev–Trinajstić information content (AvgIpc) is 3.14. The van der Waals surface area contributed by atoms with Crippen LogP contribution in [0.25, 0.3) is 22.3 Å². The quantitative estimate of drug-likeness (QED) is 0.358. The van der Waals surface area contributed by atoms with Crippen LogP contribution >= 0.6 is 0 Å². The summed E-state index contributed by atoms with van der Waals surface area (Å²) in [5, 5.41) is 15.4. The first-order valence-corrected chi connectivity index (χ1v) is 12.4. The van der Waals surface area contributed by atoms with Crippen molar-refractivity contribution >= 4 is 11.4 Å². The van der Waals surface area contributed by atoms with Crippen LogP contribution in [0.4, 0.5) is 5.69 Å². The number of hydrogen-bond acceptors (Lipinski definition) is 6. The average molecular weight is 474 g/mol. The van der Waals surface area contributed by atoms with Gasteiger partial charge in [-0.3, -0.25) is 20.0 Å². The summed E-state index contributed by atoms with van der Waals surface area (Å²) in [7, 11) is 2.01. The Morgan fingerprint density at radius 3 is 2.78 bits per heavy atom. The SMILES string of the molecule is Cn1ncc2c1CNCc1cccc(c1)-c1cncc3c1CC=C(N3)C1=NCNCc3ccc-2cc31. The van der Waals surface area contributed by atoms with Crippen LogP contribution in [-0.4, -0.2) is 27.1 Å². The van der Waals surface area contributed by atoms with Crippen molar-refractivity contribution in [3.63, 3.8) is 0 Å². The van der Waals surface area contributed by atoms with Gasteiger partial charge >= 0.3 is 0 Å². The number of anilines is 1. The Morgan fingerprint density at radius 1 is 0.861 bits per heavy atom. The van der Waals surface area contributed by atoms with E-state index in [1.165, 1.54) is 27.8 Å². The van der Waals surface area contributed by atoms with Crippen LogP contribution < -0.4 is 16.0 Å². The van der Waals surface area contributed by atoms with E-state index in [1.54, 1.807) is 0 Å². The molecule has 36 heavy (non-hydrogen) atoms. The van der Waals surface area contributed by atoms with E-state index in [1.807, 2.05) is 30.3 Å². The van der Waals surface area contributed by atoms with Gasteiger partial charge in [-0.25, -0.2) is 0 Å². The van der Waals surface area contributed by atoms with E-state index in [-0.39, 0.29) is 0 Å². The fraction of sp³-hybridized carbons (Fsp3) is 0.207. The molecule has 4 aliphatic heterocycles. The number of benzene rings is 2. The van der Waals surface area contributed by atoms with E-state index in [4.69, 9.17) is 4.99 Å². The van der Waals surface area contributed by atoms with Crippen molar-refractivity contribution in [1.29, 1.82) is 0 Å². The van der Waals surface area contributed by atoms with Crippen molar-refractivity contribution in [2.75, 3.05) is 12.0 Å². The summed E-state index contributed by atoms with van der Waals surface area (Å²) in [5.74, 6) is 0. The molecule has 0 amide bonds. The zero-order chi connectivity index (χ0) is 24.1. The molecule has 2 aromatic carbocycles. The lowest BCUT2D eigenvalue weighted by atomic mass is 9.91. The van der Waals surface area contributed by atoms with Gasteiger partial charge in [-0.1, -0.05) is 36.4 Å². The highest BCUT2D eigenvalue weighted by atomic mass is 15.3. The second-order valence-electron chi connectivity index (χ2n) is 9.56. The number of aryl methyl sites for hydroxylation is 1. The first kappa shape index (κ1) is 21.2. The van der Waals surface area contributed by atoms with Gasteiger partial charge < -0.3 is 10.6 Å². The number of fused-ring (bicyclic) bond motifs is 3. The first-order chi connectivity index (χ1) is 17.7. The van der Waals surface area contributed by atoms with Crippen LogP contribution in [0.15, 0.2) is 77.8 Å². The van der Waals surface area contributed by atoms with Gasteiger partial charge in [0, 0.05) is 49.6 Å². The fourth-order valence-electron chi connectivity index (χ4n) is 5.47. The Labute approximate surface area is 210 Å². The zero-order valence-corrected chi connectivity index (χ0v) is 20.2. The Morgan fingerprint density at radius 2 is 1.81 bits per heavy atom. The smallest absolute Gasteiger partial charge is 0.0897 e. The highest BCUT2D eigenvalue weighted by molar-refractivity contribution is 6.16. The van der Waals surface area contributed by atoms with Crippen molar-refractivity contribution in [2.45, 2.75) is 26.1 Å². The van der Waals surface area contributed by atoms with E-state index in [0.29, 0.717) is 6.67 Å². The number of pyridine rings is 1. The predicted octanol–water partition coefficient (Wildman–Crippen LogP) is 4.15. The number of aromatic nitrogens is 3. The van der Waals surface area contributed by atoms with Crippen LogP contribution in [-0.2, 0) is 33.1 Å². The lowest BCUT2D eigenvalue weighted by Gasteiger charge is -2.23. The molecule has 4 aromatic rings. The van der Waals surface area contributed by atoms with Gasteiger partial charge in [0.1, 0.15) is 0 Å².